The average Bonchev–Trinajstić information content (AvgIpc) is 2.54. The molecule has 0 aromatic heterocycles. The molecule has 1 atom stereocenters. The van der Waals surface area contributed by atoms with Crippen LogP contribution < -0.4 is 4.74 Å². The first-order chi connectivity index (χ1) is 10.9. The summed E-state index contributed by atoms with van der Waals surface area (Å²) in [5.41, 5.74) is 0.0168. The summed E-state index contributed by atoms with van der Waals surface area (Å²) in [5, 5.41) is 8.25. The number of carbonyl (C=O) groups excluding carboxylic acids is 1. The number of hydrogen-bond acceptors (Lipinski definition) is 5. The zero-order chi connectivity index (χ0) is 16.9. The number of rotatable bonds is 6. The van der Waals surface area contributed by atoms with E-state index in [9.17, 15) is 18.4 Å². The van der Waals surface area contributed by atoms with Crippen molar-refractivity contribution in [3.8, 4) is 5.75 Å². The van der Waals surface area contributed by atoms with Gasteiger partial charge in [-0.1, -0.05) is 0 Å². The molecule has 1 aliphatic rings. The highest BCUT2D eigenvalue weighted by Crippen LogP contribution is 2.20. The maximum atomic E-state index is 12.8. The lowest BCUT2D eigenvalue weighted by Crippen LogP contribution is -2.34. The quantitative estimate of drug-likeness (QED) is 0.807. The molecule has 126 valence electrons. The number of carboxylic acid groups (broad SMARTS) is 1. The second kappa shape index (κ2) is 7.36. The van der Waals surface area contributed by atoms with Crippen LogP contribution in [-0.2, 0) is 14.3 Å². The van der Waals surface area contributed by atoms with Crippen molar-refractivity contribution in [1.82, 2.24) is 0 Å². The summed E-state index contributed by atoms with van der Waals surface area (Å²) < 4.78 is 41.0. The number of ether oxygens (including phenoxy) is 3. The largest absolute Gasteiger partial charge is 0.477 e. The van der Waals surface area contributed by atoms with Crippen molar-refractivity contribution in [3.05, 3.63) is 29.8 Å². The van der Waals surface area contributed by atoms with E-state index in [2.05, 4.69) is 4.74 Å². The van der Waals surface area contributed by atoms with Gasteiger partial charge in [0.25, 0.3) is 0 Å². The number of halogens is 2. The maximum absolute atomic E-state index is 12.8. The lowest BCUT2D eigenvalue weighted by atomic mass is 10.2. The number of alkyl halides is 2. The minimum Gasteiger partial charge on any atom is -0.477 e. The summed E-state index contributed by atoms with van der Waals surface area (Å²) in [7, 11) is 0. The number of carboxylic acids is 1. The molecule has 1 N–H and O–H groups in total. The van der Waals surface area contributed by atoms with Gasteiger partial charge in [0, 0.05) is 6.42 Å². The number of aliphatic carboxylic acids is 1. The first kappa shape index (κ1) is 17.1. The minimum absolute atomic E-state index is 0.0168. The van der Waals surface area contributed by atoms with Crippen LogP contribution in [0.4, 0.5) is 8.78 Å². The van der Waals surface area contributed by atoms with Gasteiger partial charge in [-0.25, -0.2) is 9.59 Å². The Bertz CT molecular complexity index is 552. The van der Waals surface area contributed by atoms with E-state index in [-0.39, 0.29) is 11.9 Å². The summed E-state index contributed by atoms with van der Waals surface area (Å²) >= 11 is 0. The Morgan fingerprint density at radius 2 is 1.96 bits per heavy atom. The molecule has 0 aliphatic carbocycles. The standard InChI is InChI=1S/C15H16F2O6/c16-15(17,14(19)20)9-22-13(18)10-4-6-11(7-5-10)23-12-3-1-2-8-21-12/h4-7,12H,1-3,8-9H2,(H,19,20). The van der Waals surface area contributed by atoms with E-state index >= 15 is 0 Å². The summed E-state index contributed by atoms with van der Waals surface area (Å²) in [6, 6.07) is 5.67. The Kier molecular flexibility index (Phi) is 5.49. The molecule has 0 saturated carbocycles. The summed E-state index contributed by atoms with van der Waals surface area (Å²) in [6.07, 6.45) is 2.43. The van der Waals surface area contributed by atoms with Crippen molar-refractivity contribution in [2.45, 2.75) is 31.5 Å². The van der Waals surface area contributed by atoms with Gasteiger partial charge in [-0.3, -0.25) is 0 Å². The molecule has 1 saturated heterocycles. The second-order valence-electron chi connectivity index (χ2n) is 5.02. The molecule has 0 bridgehead atoms. The van der Waals surface area contributed by atoms with Gasteiger partial charge >= 0.3 is 17.9 Å². The fraction of sp³-hybridized carbons (Fsp3) is 0.467. The average molecular weight is 330 g/mol. The lowest BCUT2D eigenvalue weighted by Gasteiger charge is -2.23. The van der Waals surface area contributed by atoms with Crippen LogP contribution in [0.5, 0.6) is 5.75 Å². The Labute approximate surface area is 130 Å². The van der Waals surface area contributed by atoms with Crippen LogP contribution in [0.2, 0.25) is 0 Å². The minimum atomic E-state index is -4.11. The van der Waals surface area contributed by atoms with E-state index in [1.165, 1.54) is 24.3 Å². The van der Waals surface area contributed by atoms with Crippen molar-refractivity contribution in [3.63, 3.8) is 0 Å². The molecule has 1 aromatic carbocycles. The van der Waals surface area contributed by atoms with E-state index in [4.69, 9.17) is 14.6 Å². The first-order valence-corrected chi connectivity index (χ1v) is 7.05. The van der Waals surface area contributed by atoms with E-state index in [1.807, 2.05) is 0 Å². The summed E-state index contributed by atoms with van der Waals surface area (Å²) in [6.45, 7) is -0.887. The van der Waals surface area contributed by atoms with Gasteiger partial charge in [0.1, 0.15) is 5.75 Å². The van der Waals surface area contributed by atoms with E-state index in [1.54, 1.807) is 0 Å². The van der Waals surface area contributed by atoms with Gasteiger partial charge in [-0.2, -0.15) is 8.78 Å². The predicted octanol–water partition coefficient (Wildman–Crippen LogP) is 2.47. The molecule has 23 heavy (non-hydrogen) atoms. The topological polar surface area (TPSA) is 82.1 Å². The van der Waals surface area contributed by atoms with Gasteiger partial charge in [0.15, 0.2) is 12.9 Å². The molecule has 1 aromatic rings. The van der Waals surface area contributed by atoms with Crippen LogP contribution in [-0.4, -0.2) is 42.5 Å². The Hall–Kier alpha value is -2.22. The predicted molar refractivity (Wildman–Crippen MR) is 73.5 cm³/mol. The fourth-order valence-electron chi connectivity index (χ4n) is 1.93. The van der Waals surface area contributed by atoms with E-state index in [0.29, 0.717) is 12.4 Å². The maximum Gasteiger partial charge on any atom is 0.378 e. The van der Waals surface area contributed by atoms with Crippen LogP contribution in [0.1, 0.15) is 29.6 Å². The number of carbonyl (C=O) groups is 2. The lowest BCUT2D eigenvalue weighted by molar-refractivity contribution is -0.170. The Morgan fingerprint density at radius 3 is 2.52 bits per heavy atom. The SMILES string of the molecule is O=C(OCC(F)(F)C(=O)O)c1ccc(OC2CCCCO2)cc1. The van der Waals surface area contributed by atoms with E-state index in [0.717, 1.165) is 19.3 Å². The Balaban J connectivity index is 1.88. The normalized spacial score (nSPS) is 18.3. The van der Waals surface area contributed by atoms with Crippen molar-refractivity contribution in [2.24, 2.45) is 0 Å². The zero-order valence-electron chi connectivity index (χ0n) is 12.2. The molecule has 1 fully saturated rings. The van der Waals surface area contributed by atoms with Gasteiger partial charge < -0.3 is 19.3 Å². The highest BCUT2D eigenvalue weighted by molar-refractivity contribution is 5.89. The molecule has 0 spiro atoms. The van der Waals surface area contributed by atoms with Crippen molar-refractivity contribution in [2.75, 3.05) is 13.2 Å². The van der Waals surface area contributed by atoms with Gasteiger partial charge in [-0.15, -0.1) is 0 Å². The van der Waals surface area contributed by atoms with Gasteiger partial charge in [-0.05, 0) is 37.1 Å². The number of benzene rings is 1. The molecule has 1 aliphatic heterocycles. The van der Waals surface area contributed by atoms with Crippen LogP contribution >= 0.6 is 0 Å². The molecule has 0 amide bonds. The van der Waals surface area contributed by atoms with Crippen molar-refractivity contribution >= 4 is 11.9 Å². The van der Waals surface area contributed by atoms with Crippen LogP contribution in [0.3, 0.4) is 0 Å². The van der Waals surface area contributed by atoms with Crippen LogP contribution in [0, 0.1) is 0 Å². The fourth-order valence-corrected chi connectivity index (χ4v) is 1.93. The molecule has 1 heterocycles. The number of esters is 1. The molecule has 0 radical (unpaired) electrons. The molecular formula is C15H16F2O6. The van der Waals surface area contributed by atoms with Crippen molar-refractivity contribution in [1.29, 1.82) is 0 Å². The second-order valence-corrected chi connectivity index (χ2v) is 5.02. The summed E-state index contributed by atoms with van der Waals surface area (Å²) in [4.78, 5) is 21.8. The molecule has 2 rings (SSSR count). The van der Waals surface area contributed by atoms with Crippen molar-refractivity contribution < 1.29 is 37.7 Å². The smallest absolute Gasteiger partial charge is 0.378 e. The van der Waals surface area contributed by atoms with Gasteiger partial charge in [0.05, 0.1) is 12.2 Å². The molecule has 1 unspecified atom stereocenters. The highest BCUT2D eigenvalue weighted by atomic mass is 19.3. The van der Waals surface area contributed by atoms with Crippen LogP contribution in [0.15, 0.2) is 24.3 Å². The zero-order valence-corrected chi connectivity index (χ0v) is 12.2. The third kappa shape index (κ3) is 4.88. The number of hydrogen-bond donors (Lipinski definition) is 1. The molecule has 8 heteroatoms. The van der Waals surface area contributed by atoms with Crippen LogP contribution in [0.25, 0.3) is 0 Å². The summed E-state index contributed by atoms with van der Waals surface area (Å²) in [5.74, 6) is -7.02. The van der Waals surface area contributed by atoms with Gasteiger partial charge in [0.2, 0.25) is 0 Å². The third-order valence-corrected chi connectivity index (χ3v) is 3.19. The highest BCUT2D eigenvalue weighted by Gasteiger charge is 2.40. The first-order valence-electron chi connectivity index (χ1n) is 7.05. The molecular weight excluding hydrogens is 314 g/mol. The monoisotopic (exact) mass is 330 g/mol. The Morgan fingerprint density at radius 1 is 1.26 bits per heavy atom. The van der Waals surface area contributed by atoms with E-state index < -0.39 is 24.5 Å². The third-order valence-electron chi connectivity index (χ3n) is 3.19. The molecule has 6 nitrogen and oxygen atoms in total.